The van der Waals surface area contributed by atoms with Crippen molar-refractivity contribution >= 4 is 21.4 Å². The Kier molecular flexibility index (Phi) is 4.75. The standard InChI is InChI=1S/C16H17NO3S/c1-13(16(18)17-15-10-6-3-7-11-15)21(19,20)12-14-8-4-2-5-9-14/h2-11,13H,12H2,1H3,(H,17,18)/t13-/m0/s1. The van der Waals surface area contributed by atoms with Crippen molar-refractivity contribution in [2.75, 3.05) is 5.32 Å². The number of sulfone groups is 1. The van der Waals surface area contributed by atoms with Crippen LogP contribution in [0.15, 0.2) is 60.7 Å². The van der Waals surface area contributed by atoms with Crippen LogP contribution in [0.2, 0.25) is 0 Å². The Balaban J connectivity index is 2.07. The van der Waals surface area contributed by atoms with Crippen LogP contribution in [0.4, 0.5) is 5.69 Å². The van der Waals surface area contributed by atoms with Crippen molar-refractivity contribution in [3.05, 3.63) is 66.2 Å². The Morgan fingerprint density at radius 2 is 1.52 bits per heavy atom. The van der Waals surface area contributed by atoms with Gasteiger partial charge in [-0.1, -0.05) is 48.5 Å². The number of hydrogen-bond acceptors (Lipinski definition) is 3. The fourth-order valence-electron chi connectivity index (χ4n) is 1.86. The van der Waals surface area contributed by atoms with Gasteiger partial charge in [0.2, 0.25) is 5.91 Å². The minimum atomic E-state index is -3.54. The SMILES string of the molecule is C[C@@H](C(=O)Nc1ccccc1)S(=O)(=O)Cc1ccccc1. The second-order valence-corrected chi connectivity index (χ2v) is 7.11. The van der Waals surface area contributed by atoms with E-state index in [-0.39, 0.29) is 5.75 Å². The molecule has 0 saturated heterocycles. The van der Waals surface area contributed by atoms with Crippen LogP contribution in [0.1, 0.15) is 12.5 Å². The van der Waals surface area contributed by atoms with Crippen molar-refractivity contribution in [3.63, 3.8) is 0 Å². The number of nitrogens with one attached hydrogen (secondary N) is 1. The Hall–Kier alpha value is -2.14. The molecule has 0 fully saturated rings. The van der Waals surface area contributed by atoms with Gasteiger partial charge in [-0.3, -0.25) is 4.79 Å². The van der Waals surface area contributed by atoms with Gasteiger partial charge in [-0.15, -0.1) is 0 Å². The molecule has 4 nitrogen and oxygen atoms in total. The molecule has 0 unspecified atom stereocenters. The van der Waals surface area contributed by atoms with Crippen LogP contribution in [-0.4, -0.2) is 19.6 Å². The van der Waals surface area contributed by atoms with Gasteiger partial charge in [0.15, 0.2) is 9.84 Å². The largest absolute Gasteiger partial charge is 0.325 e. The lowest BCUT2D eigenvalue weighted by molar-refractivity contribution is -0.115. The molecule has 0 aliphatic heterocycles. The van der Waals surface area contributed by atoms with Crippen molar-refractivity contribution < 1.29 is 13.2 Å². The maximum Gasteiger partial charge on any atom is 0.242 e. The normalized spacial score (nSPS) is 12.6. The highest BCUT2D eigenvalue weighted by Gasteiger charge is 2.28. The summed E-state index contributed by atoms with van der Waals surface area (Å²) >= 11 is 0. The maximum absolute atomic E-state index is 12.3. The van der Waals surface area contributed by atoms with E-state index in [1.165, 1.54) is 6.92 Å². The Bertz CT molecular complexity index is 697. The van der Waals surface area contributed by atoms with Gasteiger partial charge in [-0.25, -0.2) is 8.42 Å². The lowest BCUT2D eigenvalue weighted by Crippen LogP contribution is -2.33. The third-order valence-electron chi connectivity index (χ3n) is 3.16. The smallest absolute Gasteiger partial charge is 0.242 e. The van der Waals surface area contributed by atoms with E-state index < -0.39 is 21.0 Å². The summed E-state index contributed by atoms with van der Waals surface area (Å²) in [5.74, 6) is -0.658. The van der Waals surface area contributed by atoms with E-state index in [4.69, 9.17) is 0 Å². The Labute approximate surface area is 124 Å². The fraction of sp³-hybridized carbons (Fsp3) is 0.188. The van der Waals surface area contributed by atoms with Gasteiger partial charge in [0, 0.05) is 5.69 Å². The maximum atomic E-state index is 12.3. The van der Waals surface area contributed by atoms with Crippen molar-refractivity contribution in [2.45, 2.75) is 17.9 Å². The van der Waals surface area contributed by atoms with Gasteiger partial charge in [0.05, 0.1) is 5.75 Å². The van der Waals surface area contributed by atoms with Crippen molar-refractivity contribution in [1.29, 1.82) is 0 Å². The van der Waals surface area contributed by atoms with Crippen LogP contribution in [-0.2, 0) is 20.4 Å². The number of benzene rings is 2. The molecule has 1 amide bonds. The second-order valence-electron chi connectivity index (χ2n) is 4.79. The van der Waals surface area contributed by atoms with Crippen LogP contribution in [0.3, 0.4) is 0 Å². The fourth-order valence-corrected chi connectivity index (χ4v) is 3.15. The predicted octanol–water partition coefficient (Wildman–Crippen LogP) is 2.63. The molecule has 0 aromatic heterocycles. The first-order chi connectivity index (χ1) is 9.99. The summed E-state index contributed by atoms with van der Waals surface area (Å²) in [6.07, 6.45) is 0. The van der Waals surface area contributed by atoms with Crippen LogP contribution in [0.5, 0.6) is 0 Å². The zero-order valence-corrected chi connectivity index (χ0v) is 12.5. The van der Waals surface area contributed by atoms with E-state index >= 15 is 0 Å². The summed E-state index contributed by atoms with van der Waals surface area (Å²) in [6, 6.07) is 17.7. The average Bonchev–Trinajstić information content (AvgIpc) is 2.48. The molecule has 0 spiro atoms. The van der Waals surface area contributed by atoms with Gasteiger partial charge in [0.25, 0.3) is 0 Å². The highest BCUT2D eigenvalue weighted by molar-refractivity contribution is 7.92. The summed E-state index contributed by atoms with van der Waals surface area (Å²) in [7, 11) is -3.54. The molecular formula is C16H17NO3S. The minimum Gasteiger partial charge on any atom is -0.325 e. The molecule has 0 aliphatic carbocycles. The summed E-state index contributed by atoms with van der Waals surface area (Å²) in [4.78, 5) is 12.1. The first-order valence-electron chi connectivity index (χ1n) is 6.60. The van der Waals surface area contributed by atoms with Crippen molar-refractivity contribution in [1.82, 2.24) is 0 Å². The van der Waals surface area contributed by atoms with E-state index in [0.29, 0.717) is 11.3 Å². The molecule has 2 aromatic carbocycles. The molecule has 0 bridgehead atoms. The molecule has 110 valence electrons. The Morgan fingerprint density at radius 1 is 1.00 bits per heavy atom. The van der Waals surface area contributed by atoms with Crippen molar-refractivity contribution in [2.24, 2.45) is 0 Å². The Morgan fingerprint density at radius 3 is 2.10 bits per heavy atom. The molecular weight excluding hydrogens is 286 g/mol. The number of carbonyl (C=O) groups excluding carboxylic acids is 1. The second kappa shape index (κ2) is 6.54. The topological polar surface area (TPSA) is 63.2 Å². The van der Waals surface area contributed by atoms with E-state index in [1.54, 1.807) is 48.5 Å². The summed E-state index contributed by atoms with van der Waals surface area (Å²) in [5, 5.41) is 1.52. The third-order valence-corrected chi connectivity index (χ3v) is 5.19. The highest BCUT2D eigenvalue weighted by Crippen LogP contribution is 2.13. The number of amides is 1. The van der Waals surface area contributed by atoms with E-state index in [0.717, 1.165) is 0 Å². The molecule has 2 rings (SSSR count). The van der Waals surface area contributed by atoms with Gasteiger partial charge < -0.3 is 5.32 Å². The lowest BCUT2D eigenvalue weighted by Gasteiger charge is -2.13. The average molecular weight is 303 g/mol. The van der Waals surface area contributed by atoms with Crippen LogP contribution in [0.25, 0.3) is 0 Å². The van der Waals surface area contributed by atoms with Gasteiger partial charge in [-0.2, -0.15) is 0 Å². The van der Waals surface area contributed by atoms with Crippen LogP contribution >= 0.6 is 0 Å². The first kappa shape index (κ1) is 15.3. The van der Waals surface area contributed by atoms with E-state index in [2.05, 4.69) is 5.32 Å². The number of carbonyl (C=O) groups is 1. The van der Waals surface area contributed by atoms with Gasteiger partial charge in [-0.05, 0) is 24.6 Å². The first-order valence-corrected chi connectivity index (χ1v) is 8.32. The van der Waals surface area contributed by atoms with E-state index in [1.807, 2.05) is 12.1 Å². The van der Waals surface area contributed by atoms with E-state index in [9.17, 15) is 13.2 Å². The monoisotopic (exact) mass is 303 g/mol. The molecule has 0 heterocycles. The number of hydrogen-bond donors (Lipinski definition) is 1. The molecule has 0 saturated carbocycles. The third kappa shape index (κ3) is 4.16. The molecule has 5 heteroatoms. The zero-order chi connectivity index (χ0) is 15.3. The number of anilines is 1. The zero-order valence-electron chi connectivity index (χ0n) is 11.7. The van der Waals surface area contributed by atoms with Gasteiger partial charge >= 0.3 is 0 Å². The van der Waals surface area contributed by atoms with Crippen molar-refractivity contribution in [3.8, 4) is 0 Å². The molecule has 0 radical (unpaired) electrons. The molecule has 1 N–H and O–H groups in total. The minimum absolute atomic E-state index is 0.142. The molecule has 0 aliphatic rings. The summed E-state index contributed by atoms with van der Waals surface area (Å²) in [6.45, 7) is 1.41. The number of para-hydroxylation sites is 1. The molecule has 21 heavy (non-hydrogen) atoms. The summed E-state index contributed by atoms with van der Waals surface area (Å²) < 4.78 is 24.5. The molecule has 1 atom stereocenters. The summed E-state index contributed by atoms with van der Waals surface area (Å²) in [5.41, 5.74) is 1.26. The van der Waals surface area contributed by atoms with Gasteiger partial charge in [0.1, 0.15) is 5.25 Å². The number of rotatable bonds is 5. The highest BCUT2D eigenvalue weighted by atomic mass is 32.2. The lowest BCUT2D eigenvalue weighted by atomic mass is 10.2. The molecule has 2 aromatic rings. The predicted molar refractivity (Wildman–Crippen MR) is 83.6 cm³/mol. The van der Waals surface area contributed by atoms with Crippen LogP contribution in [0, 0.1) is 0 Å². The van der Waals surface area contributed by atoms with Crippen LogP contribution < -0.4 is 5.32 Å². The quantitative estimate of drug-likeness (QED) is 0.923.